The van der Waals surface area contributed by atoms with Gasteiger partial charge in [-0.15, -0.1) is 0 Å². The van der Waals surface area contributed by atoms with Crippen LogP contribution in [0, 0.1) is 50.8 Å². The highest BCUT2D eigenvalue weighted by Gasteiger charge is 2.25. The van der Waals surface area contributed by atoms with E-state index in [0.717, 1.165) is 109 Å². The Bertz CT molecular complexity index is 6420. The lowest BCUT2D eigenvalue weighted by Gasteiger charge is -2.11. The number of anilines is 1. The fourth-order valence-corrected chi connectivity index (χ4v) is 11.5. The average Bonchev–Trinajstić information content (AvgIpc) is 0.847. The van der Waals surface area contributed by atoms with Gasteiger partial charge < -0.3 is 28.6 Å². The number of benzene rings is 15. The second-order valence-corrected chi connectivity index (χ2v) is 26.7. The third-order valence-electron chi connectivity index (χ3n) is 18.0. The zero-order chi connectivity index (χ0) is 96.1. The van der Waals surface area contributed by atoms with Gasteiger partial charge in [0.2, 0.25) is 12.6 Å². The summed E-state index contributed by atoms with van der Waals surface area (Å²) in [5, 5.41) is 19.2. The number of methoxy groups -OCH3 is 3. The number of nitrogens with zero attached hydrogens (tertiary/aromatic N) is 2. The summed E-state index contributed by atoms with van der Waals surface area (Å²) >= 11 is 0. The molecule has 0 fully saturated rings. The van der Waals surface area contributed by atoms with Gasteiger partial charge in [-0.05, 0) is 170 Å². The van der Waals surface area contributed by atoms with Crippen molar-refractivity contribution in [2.75, 3.05) is 47.1 Å². The molecular formula is C105H83F7N2O18. The number of carbonyl (C=O) groups is 11. The number of aldehydes is 11. The average molecular weight is 1790 g/mol. The van der Waals surface area contributed by atoms with Gasteiger partial charge >= 0.3 is 0 Å². The van der Waals surface area contributed by atoms with Crippen LogP contribution < -0.4 is 28.6 Å². The van der Waals surface area contributed by atoms with Crippen LogP contribution >= 0.6 is 0 Å². The highest BCUT2D eigenvalue weighted by molar-refractivity contribution is 6.12. The molecule has 1 aliphatic heterocycles. The number of nitro benzene ring substituents is 1. The third-order valence-corrected chi connectivity index (χ3v) is 18.0. The van der Waals surface area contributed by atoms with Crippen LogP contribution in [-0.2, 0) is 14.4 Å². The number of halogens is 7. The van der Waals surface area contributed by atoms with Crippen molar-refractivity contribution in [3.05, 3.63) is 428 Å². The van der Waals surface area contributed by atoms with E-state index < -0.39 is 51.7 Å². The zero-order valence-electron chi connectivity index (χ0n) is 71.2. The first-order valence-corrected chi connectivity index (χ1v) is 39.1. The van der Waals surface area contributed by atoms with E-state index in [4.69, 9.17) is 23.7 Å². The smallest absolute Gasteiger partial charge is 0.276 e. The lowest BCUT2D eigenvalue weighted by molar-refractivity contribution is -0.385. The molecule has 15 aromatic rings. The van der Waals surface area contributed by atoms with Crippen molar-refractivity contribution in [3.8, 4) is 28.7 Å². The Morgan fingerprint density at radius 1 is 0.318 bits per heavy atom. The fraction of sp³-hybridized carbons (Fsp3) is 0.0571. The molecule has 0 bridgehead atoms. The molecule has 0 aliphatic carbocycles. The number of rotatable bonds is 19. The second kappa shape index (κ2) is 56.6. The maximum atomic E-state index is 12.5. The van der Waals surface area contributed by atoms with E-state index >= 15 is 0 Å². The van der Waals surface area contributed by atoms with Gasteiger partial charge in [0, 0.05) is 59.7 Å². The summed E-state index contributed by atoms with van der Waals surface area (Å²) in [5.41, 5.74) is 6.14. The van der Waals surface area contributed by atoms with Crippen LogP contribution in [0.2, 0.25) is 0 Å². The lowest BCUT2D eigenvalue weighted by Crippen LogP contribution is -2.07. The molecule has 1 heterocycles. The van der Waals surface area contributed by atoms with Gasteiger partial charge in [0.1, 0.15) is 55.1 Å². The summed E-state index contributed by atoms with van der Waals surface area (Å²) in [4.78, 5) is 125. The molecule has 0 N–H and O–H groups in total. The topological polar surface area (TPSA) is 280 Å². The Balaban J connectivity index is 0.000000224. The number of hydrogen-bond acceptors (Lipinski definition) is 19. The molecular weight excluding hydrogens is 1710 g/mol. The summed E-state index contributed by atoms with van der Waals surface area (Å²) in [5.74, 6) is -8.68. The van der Waals surface area contributed by atoms with Crippen molar-refractivity contribution in [1.82, 2.24) is 0 Å². The molecule has 0 amide bonds. The first-order valence-electron chi connectivity index (χ1n) is 39.1. The van der Waals surface area contributed by atoms with Crippen LogP contribution in [0.1, 0.15) is 99.6 Å². The van der Waals surface area contributed by atoms with Crippen molar-refractivity contribution < 1.29 is 112 Å². The Labute approximate surface area is 753 Å². The Morgan fingerprint density at radius 2 is 0.742 bits per heavy atom. The minimum atomic E-state index is -2.28. The van der Waals surface area contributed by atoms with Gasteiger partial charge in [-0.3, -0.25) is 62.9 Å². The zero-order valence-corrected chi connectivity index (χ0v) is 71.2. The number of ether oxygens (including phenoxy) is 5. The summed E-state index contributed by atoms with van der Waals surface area (Å²) in [6.45, 7) is 0.248. The van der Waals surface area contributed by atoms with Crippen LogP contribution in [0.15, 0.2) is 315 Å². The minimum absolute atomic E-state index is 0.000556. The number of allylic oxidation sites excluding steroid dienone is 3. The molecule has 0 saturated carbocycles. The van der Waals surface area contributed by atoms with Gasteiger partial charge in [0.15, 0.2) is 77.7 Å². The summed E-state index contributed by atoms with van der Waals surface area (Å²) in [7, 11) is 8.53. The van der Waals surface area contributed by atoms with Gasteiger partial charge in [0.05, 0.1) is 48.5 Å². The number of nitro groups is 1. The Morgan fingerprint density at radius 3 is 1.26 bits per heavy atom. The summed E-state index contributed by atoms with van der Waals surface area (Å²) in [6.07, 6.45) is 16.2. The minimum Gasteiger partial charge on any atom is -0.496 e. The molecule has 0 aromatic heterocycles. The van der Waals surface area contributed by atoms with Gasteiger partial charge in [0.25, 0.3) is 5.69 Å². The molecule has 16 rings (SSSR count). The van der Waals surface area contributed by atoms with E-state index in [1.54, 1.807) is 72.8 Å². The number of carbonyl (C=O) groups excluding carboxylic acids is 11. The Kier molecular flexibility index (Phi) is 44.3. The highest BCUT2D eigenvalue weighted by atomic mass is 19.2. The van der Waals surface area contributed by atoms with Crippen molar-refractivity contribution in [1.29, 1.82) is 0 Å². The SMILES string of the molecule is CN(C)c1ccc(/C=C/C=O)cc1.COc1cc(OC)c(OC)cc1C=O.O=C/C=C/c1ccccc1.O=C/C=C/c1ccccc1[N+](=O)[O-].O=Cc1c(F)c(F)c(F)c(F)c1F.O=Cc1c2ccccc2cc2ccccc12.O=Cc1ccc(F)cc1.O=Cc1ccc2c(c1)OCO2.O=Cc1ccc2ccccc2c1.O=Cc1cccc2ccccc12.O=Cc1ccccc1F. The quantitative estimate of drug-likeness (QED) is 0.0106. The molecule has 20 nitrogen and oxygen atoms in total. The summed E-state index contributed by atoms with van der Waals surface area (Å²) < 4.78 is 111. The van der Waals surface area contributed by atoms with E-state index in [2.05, 4.69) is 6.07 Å². The maximum Gasteiger partial charge on any atom is 0.276 e. The van der Waals surface area contributed by atoms with E-state index in [-0.39, 0.29) is 23.9 Å². The van der Waals surface area contributed by atoms with Gasteiger partial charge in [-0.1, -0.05) is 206 Å². The van der Waals surface area contributed by atoms with Crippen molar-refractivity contribution in [2.45, 2.75) is 0 Å². The monoisotopic (exact) mass is 1790 g/mol. The predicted molar refractivity (Wildman–Crippen MR) is 496 cm³/mol. The molecule has 0 radical (unpaired) electrons. The van der Waals surface area contributed by atoms with Crippen LogP contribution in [0.5, 0.6) is 28.7 Å². The van der Waals surface area contributed by atoms with E-state index in [9.17, 15) is 93.6 Å². The Hall–Kier alpha value is -17.4. The first kappa shape index (κ1) is 103. The van der Waals surface area contributed by atoms with E-state index in [1.807, 2.05) is 207 Å². The number of fused-ring (bicyclic) bond motifs is 5. The van der Waals surface area contributed by atoms with E-state index in [1.165, 1.54) is 93.5 Å². The first-order chi connectivity index (χ1) is 64.0. The second-order valence-electron chi connectivity index (χ2n) is 26.7. The molecule has 1 aliphatic rings. The fourth-order valence-electron chi connectivity index (χ4n) is 11.5. The molecule has 670 valence electrons. The standard InChI is InChI=1S/C15H10O.C11H13NO.2C11H8O.C10H12O4.C9H7NO3.C9H8O.C8H6O3.C7HF5O.2C7H5FO/c16-10-15-13-7-3-1-5-11(13)9-12-6-2-4-8-14(12)15;1-12(2)11-7-5-10(6-8-11)4-3-9-13;12-8-10-6-3-5-9-4-1-2-7-11(9)10;12-8-9-5-6-10-3-1-2-4-11(10)7-9;1-12-8-5-10(14-3)9(13-2)4-7(8)6-11;11-7-3-5-8-4-1-2-6-9(8)10(12)13;10-8-4-7-9-5-2-1-3-6-9;9-4-6-1-2-7-8(3-6)11-5-10-7;8-3-2(1-13)4(9)6(11)7(12)5(3)10;8-7-3-1-6(5-9)2-4-7;8-7-4-2-1-3-6(7)5-9/h1-10H;3-9H,1-2H3;2*1-8H;4-6H,1-3H3;1-7H;1-8H;1-4H,5H2;1H;2*1-5H/b;4-3+;;;;5-3+;7-4+;;;;. The van der Waals surface area contributed by atoms with Crippen molar-refractivity contribution in [2.24, 2.45) is 0 Å². The van der Waals surface area contributed by atoms with Crippen LogP contribution in [0.4, 0.5) is 42.1 Å². The van der Waals surface area contributed by atoms with Crippen LogP contribution in [0.25, 0.3) is 61.3 Å². The molecule has 0 unspecified atom stereocenters. The number of hydrogen-bond donors (Lipinski definition) is 0. The maximum absolute atomic E-state index is 12.5. The highest BCUT2D eigenvalue weighted by Crippen LogP contribution is 2.35. The van der Waals surface area contributed by atoms with Crippen molar-refractivity contribution in [3.63, 3.8) is 0 Å². The molecule has 27 heteroatoms. The van der Waals surface area contributed by atoms with Gasteiger partial charge in [-0.2, -0.15) is 0 Å². The van der Waals surface area contributed by atoms with E-state index in [0.29, 0.717) is 76.1 Å². The van der Waals surface area contributed by atoms with Crippen molar-refractivity contribution >= 4 is 142 Å². The molecule has 132 heavy (non-hydrogen) atoms. The van der Waals surface area contributed by atoms with Crippen LogP contribution in [-0.4, -0.2) is 116 Å². The number of para-hydroxylation sites is 1. The molecule has 0 saturated heterocycles. The summed E-state index contributed by atoms with van der Waals surface area (Å²) in [6, 6.07) is 88.8. The van der Waals surface area contributed by atoms with Gasteiger partial charge in [-0.25, -0.2) is 30.7 Å². The molecule has 15 aromatic carbocycles. The lowest BCUT2D eigenvalue weighted by atomic mass is 9.98. The largest absolute Gasteiger partial charge is 0.496 e. The predicted octanol–water partition coefficient (Wildman–Crippen LogP) is 23.0. The normalized spacial score (nSPS) is 10.2. The molecule has 0 spiro atoms. The molecule has 0 atom stereocenters. The van der Waals surface area contributed by atoms with Crippen LogP contribution in [0.3, 0.4) is 0 Å². The third kappa shape index (κ3) is 32.3.